The zero-order chi connectivity index (χ0) is 18.4. The second-order valence-corrected chi connectivity index (χ2v) is 6.10. The van der Waals surface area contributed by atoms with Gasteiger partial charge in [0.1, 0.15) is 5.75 Å². The van der Waals surface area contributed by atoms with Gasteiger partial charge in [-0.15, -0.1) is 0 Å². The lowest BCUT2D eigenvalue weighted by atomic mass is 9.81. The Morgan fingerprint density at radius 3 is 2.48 bits per heavy atom. The first kappa shape index (κ1) is 19.1. The molecule has 0 aliphatic heterocycles. The Bertz CT molecular complexity index is 801. The second-order valence-electron chi connectivity index (χ2n) is 5.29. The van der Waals surface area contributed by atoms with Crippen LogP contribution < -0.4 is 4.74 Å². The van der Waals surface area contributed by atoms with Crippen LogP contribution in [0.15, 0.2) is 42.5 Å². The molecule has 0 fully saturated rings. The van der Waals surface area contributed by atoms with Gasteiger partial charge in [-0.2, -0.15) is 5.26 Å². The Balaban J connectivity index is 2.59. The number of halogens is 2. The molecule has 0 radical (unpaired) electrons. The first-order valence-corrected chi connectivity index (χ1v) is 8.42. The summed E-state index contributed by atoms with van der Waals surface area (Å²) in [7, 11) is 1.56. The molecule has 2 aromatic carbocycles. The number of nitrogens with zero attached hydrogens (tertiary/aromatic N) is 1. The second kappa shape index (κ2) is 8.75. The van der Waals surface area contributed by atoms with Crippen molar-refractivity contribution in [1.29, 1.82) is 5.26 Å². The lowest BCUT2D eigenvalue weighted by Gasteiger charge is -2.22. The maximum Gasteiger partial charge on any atom is 0.324 e. The van der Waals surface area contributed by atoms with E-state index in [0.717, 1.165) is 5.56 Å². The lowest BCUT2D eigenvalue weighted by molar-refractivity contribution is -0.146. The number of rotatable bonds is 6. The van der Waals surface area contributed by atoms with E-state index < -0.39 is 17.8 Å². The molecule has 0 N–H and O–H groups in total. The van der Waals surface area contributed by atoms with E-state index in [4.69, 9.17) is 32.7 Å². The molecule has 0 saturated heterocycles. The van der Waals surface area contributed by atoms with E-state index in [9.17, 15) is 10.1 Å². The van der Waals surface area contributed by atoms with E-state index in [2.05, 4.69) is 6.07 Å². The van der Waals surface area contributed by atoms with E-state index in [1.54, 1.807) is 50.4 Å². The summed E-state index contributed by atoms with van der Waals surface area (Å²) in [5, 5.41) is 10.4. The van der Waals surface area contributed by atoms with Crippen LogP contribution in [-0.2, 0) is 9.53 Å². The highest BCUT2D eigenvalue weighted by atomic mass is 35.5. The molecule has 2 rings (SSSR count). The van der Waals surface area contributed by atoms with Gasteiger partial charge in [-0.1, -0.05) is 41.4 Å². The largest absolute Gasteiger partial charge is 0.497 e. The molecular formula is C19H17Cl2NO3. The number of methoxy groups -OCH3 is 1. The minimum absolute atomic E-state index is 0.198. The summed E-state index contributed by atoms with van der Waals surface area (Å²) < 4.78 is 10.3. The molecule has 0 bridgehead atoms. The van der Waals surface area contributed by atoms with E-state index in [-0.39, 0.29) is 6.61 Å². The van der Waals surface area contributed by atoms with Crippen molar-refractivity contribution in [1.82, 2.24) is 0 Å². The molecule has 0 saturated carbocycles. The van der Waals surface area contributed by atoms with Crippen LogP contribution in [0.4, 0.5) is 0 Å². The van der Waals surface area contributed by atoms with Crippen LogP contribution in [0.1, 0.15) is 24.0 Å². The lowest BCUT2D eigenvalue weighted by Crippen LogP contribution is -2.24. The summed E-state index contributed by atoms with van der Waals surface area (Å²) in [5.74, 6) is -1.54. The predicted octanol–water partition coefficient (Wildman–Crippen LogP) is 4.84. The van der Waals surface area contributed by atoms with Crippen LogP contribution in [0.5, 0.6) is 5.75 Å². The highest BCUT2D eigenvalue weighted by Gasteiger charge is 2.33. The number of carbonyl (C=O) groups is 1. The summed E-state index contributed by atoms with van der Waals surface area (Å²) in [6.45, 7) is 1.90. The van der Waals surface area contributed by atoms with E-state index in [1.165, 1.54) is 0 Å². The Kier molecular flexibility index (Phi) is 6.69. The minimum Gasteiger partial charge on any atom is -0.497 e. The monoisotopic (exact) mass is 377 g/mol. The molecule has 130 valence electrons. The number of benzene rings is 2. The van der Waals surface area contributed by atoms with Crippen molar-refractivity contribution in [3.63, 3.8) is 0 Å². The van der Waals surface area contributed by atoms with Crippen LogP contribution in [0.2, 0.25) is 10.0 Å². The van der Waals surface area contributed by atoms with Crippen molar-refractivity contribution in [3.05, 3.63) is 63.6 Å². The first-order valence-electron chi connectivity index (χ1n) is 7.67. The fourth-order valence-corrected chi connectivity index (χ4v) is 2.92. The van der Waals surface area contributed by atoms with Crippen molar-refractivity contribution in [2.24, 2.45) is 5.92 Å². The Hall–Kier alpha value is -2.22. The van der Waals surface area contributed by atoms with Gasteiger partial charge in [0.15, 0.2) is 5.92 Å². The molecule has 2 aromatic rings. The highest BCUT2D eigenvalue weighted by molar-refractivity contribution is 6.42. The number of hydrogen-bond donors (Lipinski definition) is 0. The Morgan fingerprint density at radius 1 is 1.16 bits per heavy atom. The molecule has 25 heavy (non-hydrogen) atoms. The van der Waals surface area contributed by atoms with E-state index in [0.29, 0.717) is 21.4 Å². The number of ether oxygens (including phenoxy) is 2. The maximum atomic E-state index is 12.3. The summed E-state index contributed by atoms with van der Waals surface area (Å²) in [6, 6.07) is 14.3. The van der Waals surface area contributed by atoms with Crippen molar-refractivity contribution in [2.75, 3.05) is 13.7 Å². The smallest absolute Gasteiger partial charge is 0.324 e. The van der Waals surface area contributed by atoms with Gasteiger partial charge < -0.3 is 9.47 Å². The molecule has 0 aromatic heterocycles. The van der Waals surface area contributed by atoms with Gasteiger partial charge >= 0.3 is 5.97 Å². The average molecular weight is 378 g/mol. The summed E-state index contributed by atoms with van der Waals surface area (Å²) in [4.78, 5) is 12.3. The van der Waals surface area contributed by atoms with Gasteiger partial charge in [0.05, 0.1) is 29.8 Å². The van der Waals surface area contributed by atoms with E-state index in [1.807, 2.05) is 6.07 Å². The van der Waals surface area contributed by atoms with Crippen molar-refractivity contribution in [3.8, 4) is 11.8 Å². The summed E-state index contributed by atoms with van der Waals surface area (Å²) in [5.41, 5.74) is 1.44. The third-order valence-corrected chi connectivity index (χ3v) is 4.51. The van der Waals surface area contributed by atoms with Gasteiger partial charge in [0.25, 0.3) is 0 Å². The molecule has 0 amide bonds. The van der Waals surface area contributed by atoms with Gasteiger partial charge in [0.2, 0.25) is 0 Å². The fraction of sp³-hybridized carbons (Fsp3) is 0.263. The highest BCUT2D eigenvalue weighted by Crippen LogP contribution is 2.37. The Labute approximate surface area is 156 Å². The molecular weight excluding hydrogens is 361 g/mol. The van der Waals surface area contributed by atoms with Gasteiger partial charge in [-0.3, -0.25) is 4.79 Å². The first-order chi connectivity index (χ1) is 12.0. The predicted molar refractivity (Wildman–Crippen MR) is 97.0 cm³/mol. The van der Waals surface area contributed by atoms with Crippen LogP contribution in [0, 0.1) is 17.2 Å². The van der Waals surface area contributed by atoms with Crippen LogP contribution >= 0.6 is 23.2 Å². The van der Waals surface area contributed by atoms with Crippen molar-refractivity contribution < 1.29 is 14.3 Å². The molecule has 0 aliphatic carbocycles. The SMILES string of the molecule is CCOC(=O)[C@@H](C#N)[C@@H](c1cccc(OC)c1)c1ccc(Cl)c(Cl)c1. The molecule has 0 aliphatic rings. The Morgan fingerprint density at radius 2 is 1.88 bits per heavy atom. The number of hydrogen-bond acceptors (Lipinski definition) is 4. The zero-order valence-electron chi connectivity index (χ0n) is 13.8. The molecule has 6 heteroatoms. The fourth-order valence-electron chi connectivity index (χ4n) is 2.61. The minimum atomic E-state index is -1.02. The molecule has 0 spiro atoms. The molecule has 4 nitrogen and oxygen atoms in total. The summed E-state index contributed by atoms with van der Waals surface area (Å²) in [6.07, 6.45) is 0. The van der Waals surface area contributed by atoms with Crippen LogP contribution in [0.25, 0.3) is 0 Å². The number of carbonyl (C=O) groups excluding carboxylic acids is 1. The average Bonchev–Trinajstić information content (AvgIpc) is 2.62. The third kappa shape index (κ3) is 4.45. The topological polar surface area (TPSA) is 59.3 Å². The van der Waals surface area contributed by atoms with Gasteiger partial charge in [-0.05, 0) is 42.3 Å². The summed E-state index contributed by atoms with van der Waals surface area (Å²) >= 11 is 12.1. The van der Waals surface area contributed by atoms with Crippen molar-refractivity contribution >= 4 is 29.2 Å². The molecule has 0 unspecified atom stereocenters. The zero-order valence-corrected chi connectivity index (χ0v) is 15.3. The molecule has 2 atom stereocenters. The van der Waals surface area contributed by atoms with Crippen LogP contribution in [0.3, 0.4) is 0 Å². The van der Waals surface area contributed by atoms with E-state index >= 15 is 0 Å². The van der Waals surface area contributed by atoms with Gasteiger partial charge in [-0.25, -0.2) is 0 Å². The molecule has 0 heterocycles. The number of esters is 1. The van der Waals surface area contributed by atoms with Crippen molar-refractivity contribution in [2.45, 2.75) is 12.8 Å². The third-order valence-electron chi connectivity index (χ3n) is 3.77. The maximum absolute atomic E-state index is 12.3. The number of nitriles is 1. The van der Waals surface area contributed by atoms with Gasteiger partial charge in [0, 0.05) is 5.92 Å². The quantitative estimate of drug-likeness (QED) is 0.675. The normalized spacial score (nSPS) is 12.8. The standard InChI is InChI=1S/C19H17Cl2NO3/c1-3-25-19(23)15(11-22)18(12-5-4-6-14(9-12)24-2)13-7-8-16(20)17(21)10-13/h4-10,15,18H,3H2,1-2H3/t15-,18-/m0/s1. The van der Waals surface area contributed by atoms with Crippen LogP contribution in [-0.4, -0.2) is 19.7 Å².